The smallest absolute Gasteiger partial charge is 0.490 e. The predicted octanol–water partition coefficient (Wildman–Crippen LogP) is 1.32. The van der Waals surface area contributed by atoms with Gasteiger partial charge in [0.2, 0.25) is 0 Å². The third kappa shape index (κ3) is 7.15. The molecule has 2 rings (SSSR count). The molecule has 0 saturated heterocycles. The van der Waals surface area contributed by atoms with Gasteiger partial charge in [0.25, 0.3) is 0 Å². The number of nitrogens with zero attached hydrogens (tertiary/aromatic N) is 2. The van der Waals surface area contributed by atoms with Crippen molar-refractivity contribution < 1.29 is 37.7 Å². The van der Waals surface area contributed by atoms with E-state index >= 15 is 0 Å². The summed E-state index contributed by atoms with van der Waals surface area (Å²) in [5.41, 5.74) is 0.952. The second kappa shape index (κ2) is 8.95. The summed E-state index contributed by atoms with van der Waals surface area (Å²) < 4.78 is 33.6. The molecule has 0 aliphatic rings. The van der Waals surface area contributed by atoms with Crippen LogP contribution in [0.2, 0.25) is 0 Å². The molecule has 2 aromatic rings. The number of hydrogen-bond donors (Lipinski definition) is 1. The largest absolute Gasteiger partial charge is 0.550 e. The fourth-order valence-electron chi connectivity index (χ4n) is 1.86. The van der Waals surface area contributed by atoms with Gasteiger partial charge in [0, 0.05) is 28.9 Å². The van der Waals surface area contributed by atoms with Crippen molar-refractivity contribution in [3.63, 3.8) is 0 Å². The van der Waals surface area contributed by atoms with Gasteiger partial charge in [-0.1, -0.05) is 29.8 Å². The van der Waals surface area contributed by atoms with E-state index in [1.54, 1.807) is 6.92 Å². The average Bonchev–Trinajstić information content (AvgIpc) is 2.54. The summed E-state index contributed by atoms with van der Waals surface area (Å²) in [6, 6.07) is 9.94. The van der Waals surface area contributed by atoms with Crippen molar-refractivity contribution in [3.05, 3.63) is 36.5 Å². The first kappa shape index (κ1) is 20.3. The summed E-state index contributed by atoms with van der Waals surface area (Å²) in [6.07, 6.45) is -1.76. The van der Waals surface area contributed by atoms with Gasteiger partial charge in [0.05, 0.1) is 0 Å². The Morgan fingerprint density at radius 2 is 1.88 bits per heavy atom. The molecule has 0 bridgehead atoms. The van der Waals surface area contributed by atoms with E-state index in [0.29, 0.717) is 6.42 Å². The predicted molar refractivity (Wildman–Crippen MR) is 79.0 cm³/mol. The first-order valence-corrected chi connectivity index (χ1v) is 7.37. The molecule has 1 aromatic heterocycles. The molecule has 0 saturated carbocycles. The Kier molecular flexibility index (Phi) is 7.28. The van der Waals surface area contributed by atoms with Crippen LogP contribution in [0.5, 0.6) is 0 Å². The Hall–Kier alpha value is -2.71. The van der Waals surface area contributed by atoms with Gasteiger partial charge in [0.15, 0.2) is 12.7 Å². The van der Waals surface area contributed by atoms with E-state index in [-0.39, 0.29) is 0 Å². The quantitative estimate of drug-likeness (QED) is 0.814. The van der Waals surface area contributed by atoms with Gasteiger partial charge < -0.3 is 15.0 Å². The molecular weight excluding hydrogens is 341 g/mol. The molecule has 0 amide bonds. The fourth-order valence-corrected chi connectivity index (χ4v) is 1.86. The molecule has 6 nitrogen and oxygen atoms in total. The van der Waals surface area contributed by atoms with Crippen LogP contribution in [0.3, 0.4) is 0 Å². The zero-order chi connectivity index (χ0) is 19.0. The van der Waals surface area contributed by atoms with Crippen molar-refractivity contribution in [2.45, 2.75) is 32.5 Å². The second-order valence-corrected chi connectivity index (χ2v) is 5.30. The number of aryl methyl sites for hydroxylation is 1. The van der Waals surface area contributed by atoms with E-state index in [2.05, 4.69) is 5.10 Å². The Morgan fingerprint density at radius 1 is 1.28 bits per heavy atom. The monoisotopic (exact) mass is 358 g/mol. The number of carbonyl (C=O) groups is 2. The summed E-state index contributed by atoms with van der Waals surface area (Å²) >= 11 is 0. The highest BCUT2D eigenvalue weighted by molar-refractivity contribution is 5.76. The lowest BCUT2D eigenvalue weighted by atomic mass is 10.1. The zero-order valence-electron chi connectivity index (χ0n) is 13.4. The maximum atomic E-state index is 10.6. The molecule has 1 heterocycles. The van der Waals surface area contributed by atoms with Crippen LogP contribution in [-0.4, -0.2) is 28.3 Å². The summed E-state index contributed by atoms with van der Waals surface area (Å²) in [6.45, 7) is 2.40. The summed E-state index contributed by atoms with van der Waals surface area (Å²) in [7, 11) is 0. The van der Waals surface area contributed by atoms with Crippen LogP contribution in [-0.2, 0) is 16.1 Å². The van der Waals surface area contributed by atoms with Gasteiger partial charge in [-0.2, -0.15) is 13.2 Å². The third-order valence-corrected chi connectivity index (χ3v) is 3.27. The SMILES string of the molecule is C[C@@H](CCC[n+]1ccc2ccccc2n1)C(=O)[O-].O=C(O)C(F)(F)F. The van der Waals surface area contributed by atoms with Gasteiger partial charge in [-0.3, -0.25) is 0 Å². The van der Waals surface area contributed by atoms with Crippen LogP contribution in [0.15, 0.2) is 36.5 Å². The maximum Gasteiger partial charge on any atom is 0.490 e. The number of hydrogen-bond acceptors (Lipinski definition) is 4. The van der Waals surface area contributed by atoms with Crippen molar-refractivity contribution >= 4 is 22.8 Å². The number of carboxylic acids is 2. The first-order valence-electron chi connectivity index (χ1n) is 7.37. The number of aromatic nitrogens is 2. The summed E-state index contributed by atoms with van der Waals surface area (Å²) in [5, 5.41) is 23.3. The van der Waals surface area contributed by atoms with Crippen molar-refractivity contribution in [1.29, 1.82) is 0 Å². The number of rotatable bonds is 5. The highest BCUT2D eigenvalue weighted by Crippen LogP contribution is 2.13. The van der Waals surface area contributed by atoms with Crippen molar-refractivity contribution in [3.8, 4) is 0 Å². The lowest BCUT2D eigenvalue weighted by Gasteiger charge is -2.09. The van der Waals surface area contributed by atoms with Crippen molar-refractivity contribution in [2.75, 3.05) is 0 Å². The Labute approximate surface area is 141 Å². The number of aliphatic carboxylic acids is 2. The van der Waals surface area contributed by atoms with Crippen LogP contribution in [0.1, 0.15) is 19.8 Å². The molecule has 25 heavy (non-hydrogen) atoms. The van der Waals surface area contributed by atoms with E-state index in [4.69, 9.17) is 9.90 Å². The number of benzene rings is 1. The Balaban J connectivity index is 0.000000381. The van der Waals surface area contributed by atoms with Gasteiger partial charge in [-0.15, -0.1) is 0 Å². The minimum atomic E-state index is -5.08. The molecule has 1 N–H and O–H groups in total. The van der Waals surface area contributed by atoms with Gasteiger partial charge in [-0.05, 0) is 18.4 Å². The molecule has 1 atom stereocenters. The molecule has 0 aliphatic carbocycles. The Bertz CT molecular complexity index is 735. The van der Waals surface area contributed by atoms with Crippen molar-refractivity contribution in [1.82, 2.24) is 5.10 Å². The first-order chi connectivity index (χ1) is 11.6. The second-order valence-electron chi connectivity index (χ2n) is 5.30. The lowest BCUT2D eigenvalue weighted by molar-refractivity contribution is -0.752. The minimum absolute atomic E-state index is 0.397. The highest BCUT2D eigenvalue weighted by atomic mass is 19.4. The average molecular weight is 358 g/mol. The fraction of sp³-hybridized carbons (Fsp3) is 0.375. The molecule has 9 heteroatoms. The molecule has 0 unspecified atom stereocenters. The molecule has 0 fully saturated rings. The molecule has 0 radical (unpaired) electrons. The van der Waals surface area contributed by atoms with Crippen LogP contribution in [0.25, 0.3) is 10.9 Å². The van der Waals surface area contributed by atoms with Crippen LogP contribution < -0.4 is 9.79 Å². The molecular formula is C16H17F3N2O4. The third-order valence-electron chi connectivity index (χ3n) is 3.27. The van der Waals surface area contributed by atoms with Gasteiger partial charge in [-0.25, -0.2) is 4.79 Å². The van der Waals surface area contributed by atoms with Crippen LogP contribution in [0, 0.1) is 5.92 Å². The zero-order valence-corrected chi connectivity index (χ0v) is 13.4. The van der Waals surface area contributed by atoms with Crippen molar-refractivity contribution in [2.24, 2.45) is 5.92 Å². The molecule has 0 spiro atoms. The molecule has 1 aromatic carbocycles. The Morgan fingerprint density at radius 3 is 2.44 bits per heavy atom. The maximum absolute atomic E-state index is 10.6. The number of alkyl halides is 3. The van der Waals surface area contributed by atoms with Gasteiger partial charge >= 0.3 is 12.1 Å². The molecule has 136 valence electrons. The topological polar surface area (TPSA) is 94.2 Å². The summed E-state index contributed by atoms with van der Waals surface area (Å²) in [5.74, 6) is -4.13. The number of carboxylic acid groups (broad SMARTS) is 2. The highest BCUT2D eigenvalue weighted by Gasteiger charge is 2.38. The van der Waals surface area contributed by atoms with Crippen LogP contribution in [0.4, 0.5) is 13.2 Å². The minimum Gasteiger partial charge on any atom is -0.550 e. The van der Waals surface area contributed by atoms with E-state index < -0.39 is 24.0 Å². The normalized spacial score (nSPS) is 12.2. The molecule has 0 aliphatic heterocycles. The number of halogens is 3. The van der Waals surface area contributed by atoms with Gasteiger partial charge in [0.1, 0.15) is 5.52 Å². The van der Waals surface area contributed by atoms with E-state index in [1.165, 1.54) is 0 Å². The van der Waals surface area contributed by atoms with Crippen LogP contribution >= 0.6 is 0 Å². The van der Waals surface area contributed by atoms with E-state index in [1.807, 2.05) is 41.2 Å². The number of carbonyl (C=O) groups excluding carboxylic acids is 1. The number of fused-ring (bicyclic) bond motifs is 1. The lowest BCUT2D eigenvalue weighted by Crippen LogP contribution is -2.38. The van der Waals surface area contributed by atoms with E-state index in [9.17, 15) is 23.1 Å². The van der Waals surface area contributed by atoms with E-state index in [0.717, 1.165) is 23.9 Å². The summed E-state index contributed by atoms with van der Waals surface area (Å²) in [4.78, 5) is 19.5. The standard InChI is InChI=1S/C14H16N2O2.C2HF3O2/c1-11(14(17)18)5-4-9-16-10-8-12-6-2-3-7-13(12)15-16;3-2(4,5)1(6)7/h2-3,6-8,10-11H,4-5,9H2,1H3;(H,6,7)/t11-;/m0./s1.